The van der Waals surface area contributed by atoms with Crippen LogP contribution in [0.15, 0.2) is 29.2 Å². The molecule has 16 heavy (non-hydrogen) atoms. The lowest BCUT2D eigenvalue weighted by molar-refractivity contribution is -0.119. The van der Waals surface area contributed by atoms with Crippen molar-refractivity contribution in [3.8, 4) is 0 Å². The summed E-state index contributed by atoms with van der Waals surface area (Å²) < 4.78 is 22.4. The number of Topliss-reactive ketones (excluding diaryl/α,β-unsaturated/α-hetero) is 1. The highest BCUT2D eigenvalue weighted by molar-refractivity contribution is 7.90. The van der Waals surface area contributed by atoms with Crippen LogP contribution >= 0.6 is 0 Å². The number of hydrogen-bond donors (Lipinski definition) is 0. The van der Waals surface area contributed by atoms with E-state index in [4.69, 9.17) is 0 Å². The highest BCUT2D eigenvalue weighted by atomic mass is 32.2. The monoisotopic (exact) mass is 238 g/mol. The van der Waals surface area contributed by atoms with E-state index in [2.05, 4.69) is 0 Å². The minimum Gasteiger partial charge on any atom is -0.299 e. The molecule has 1 aliphatic carbocycles. The Bertz CT molecular complexity index is 496. The number of rotatable bonds is 4. The molecule has 0 radical (unpaired) electrons. The van der Waals surface area contributed by atoms with Gasteiger partial charge in [0.2, 0.25) is 0 Å². The lowest BCUT2D eigenvalue weighted by atomic mass is 10.1. The predicted molar refractivity (Wildman–Crippen MR) is 61.0 cm³/mol. The maximum atomic E-state index is 11.5. The van der Waals surface area contributed by atoms with E-state index in [1.54, 1.807) is 24.3 Å². The van der Waals surface area contributed by atoms with Crippen molar-refractivity contribution in [1.29, 1.82) is 0 Å². The third-order valence-electron chi connectivity index (χ3n) is 2.76. The third kappa shape index (κ3) is 2.70. The van der Waals surface area contributed by atoms with Gasteiger partial charge in [-0.25, -0.2) is 8.42 Å². The molecule has 1 aliphatic rings. The van der Waals surface area contributed by atoms with Crippen molar-refractivity contribution in [3.05, 3.63) is 29.8 Å². The van der Waals surface area contributed by atoms with Crippen molar-refractivity contribution < 1.29 is 13.2 Å². The zero-order chi connectivity index (χ0) is 11.8. The van der Waals surface area contributed by atoms with Gasteiger partial charge in [-0.15, -0.1) is 0 Å². The first-order valence-corrected chi connectivity index (χ1v) is 7.17. The molecule has 4 heteroatoms. The van der Waals surface area contributed by atoms with Crippen molar-refractivity contribution in [2.75, 3.05) is 6.26 Å². The summed E-state index contributed by atoms with van der Waals surface area (Å²) in [6.07, 6.45) is 3.63. The minimum absolute atomic E-state index is 0.259. The van der Waals surface area contributed by atoms with Crippen LogP contribution in [0, 0.1) is 5.92 Å². The summed E-state index contributed by atoms with van der Waals surface area (Å²) in [5.74, 6) is 0.529. The second kappa shape index (κ2) is 4.01. The second-order valence-corrected chi connectivity index (χ2v) is 6.35. The Balaban J connectivity index is 2.10. The van der Waals surface area contributed by atoms with E-state index in [1.165, 1.54) is 6.26 Å². The fraction of sp³-hybridized carbons (Fsp3) is 0.417. The molecule has 0 atom stereocenters. The van der Waals surface area contributed by atoms with Crippen LogP contribution in [-0.4, -0.2) is 20.5 Å². The summed E-state index contributed by atoms with van der Waals surface area (Å²) in [6, 6.07) is 6.56. The van der Waals surface area contributed by atoms with E-state index in [0.29, 0.717) is 11.3 Å². The number of carbonyl (C=O) groups excluding carboxylic acids is 1. The van der Waals surface area contributed by atoms with Crippen molar-refractivity contribution in [2.24, 2.45) is 5.92 Å². The zero-order valence-electron chi connectivity index (χ0n) is 9.14. The zero-order valence-corrected chi connectivity index (χ0v) is 9.96. The van der Waals surface area contributed by atoms with E-state index in [1.807, 2.05) is 0 Å². The van der Waals surface area contributed by atoms with E-state index < -0.39 is 9.84 Å². The third-order valence-corrected chi connectivity index (χ3v) is 3.89. The van der Waals surface area contributed by atoms with Crippen molar-refractivity contribution in [3.63, 3.8) is 0 Å². The molecule has 3 nitrogen and oxygen atoms in total. The second-order valence-electron chi connectivity index (χ2n) is 4.33. The Labute approximate surface area is 95.4 Å². The summed E-state index contributed by atoms with van der Waals surface area (Å²) in [4.78, 5) is 11.8. The van der Waals surface area contributed by atoms with Gasteiger partial charge in [0.05, 0.1) is 4.90 Å². The number of benzene rings is 1. The molecule has 86 valence electrons. The fourth-order valence-electron chi connectivity index (χ4n) is 1.61. The van der Waals surface area contributed by atoms with Gasteiger partial charge in [0.25, 0.3) is 0 Å². The van der Waals surface area contributed by atoms with Gasteiger partial charge < -0.3 is 0 Å². The normalized spacial score (nSPS) is 16.1. The van der Waals surface area contributed by atoms with Crippen LogP contribution < -0.4 is 0 Å². The van der Waals surface area contributed by atoms with Gasteiger partial charge in [0.1, 0.15) is 5.78 Å². The molecule has 2 rings (SSSR count). The van der Waals surface area contributed by atoms with Gasteiger partial charge in [-0.2, -0.15) is 0 Å². The Morgan fingerprint density at radius 1 is 1.25 bits per heavy atom. The van der Waals surface area contributed by atoms with Crippen LogP contribution in [0.1, 0.15) is 18.4 Å². The molecule has 0 N–H and O–H groups in total. The largest absolute Gasteiger partial charge is 0.299 e. The Kier molecular flexibility index (Phi) is 2.84. The summed E-state index contributed by atoms with van der Waals surface area (Å²) in [6.45, 7) is 0. The molecule has 0 heterocycles. The number of sulfone groups is 1. The van der Waals surface area contributed by atoms with Gasteiger partial charge in [-0.1, -0.05) is 12.1 Å². The molecular formula is C12H14O3S. The Hall–Kier alpha value is -1.16. The molecule has 1 fully saturated rings. The molecule has 1 saturated carbocycles. The SMILES string of the molecule is CS(=O)(=O)c1ccc(CC(=O)C2CC2)cc1. The average Bonchev–Trinajstić information content (AvgIpc) is 3.00. The lowest BCUT2D eigenvalue weighted by Gasteiger charge is -2.01. The molecule has 1 aromatic carbocycles. The number of ketones is 1. The first-order chi connectivity index (χ1) is 7.47. The quantitative estimate of drug-likeness (QED) is 0.800. The summed E-state index contributed by atoms with van der Waals surface area (Å²) in [5, 5.41) is 0. The summed E-state index contributed by atoms with van der Waals surface area (Å²) in [5.41, 5.74) is 0.893. The van der Waals surface area contributed by atoms with Crippen molar-refractivity contribution in [1.82, 2.24) is 0 Å². The highest BCUT2D eigenvalue weighted by Gasteiger charge is 2.28. The van der Waals surface area contributed by atoms with Gasteiger partial charge in [-0.05, 0) is 30.5 Å². The molecule has 0 bridgehead atoms. The van der Waals surface area contributed by atoms with Crippen LogP contribution in [-0.2, 0) is 21.1 Å². The standard InChI is InChI=1S/C12H14O3S/c1-16(14,15)11-6-2-9(3-7-11)8-12(13)10-4-5-10/h2-3,6-7,10H,4-5,8H2,1H3. The van der Waals surface area contributed by atoms with Gasteiger partial charge >= 0.3 is 0 Å². The van der Waals surface area contributed by atoms with Crippen LogP contribution in [0.25, 0.3) is 0 Å². The summed E-state index contributed by atoms with van der Waals surface area (Å²) >= 11 is 0. The molecule has 0 unspecified atom stereocenters. The maximum absolute atomic E-state index is 11.5. The molecule has 0 amide bonds. The molecule has 0 saturated heterocycles. The lowest BCUT2D eigenvalue weighted by Crippen LogP contribution is -2.05. The average molecular weight is 238 g/mol. The van der Waals surface area contributed by atoms with E-state index >= 15 is 0 Å². The smallest absolute Gasteiger partial charge is 0.175 e. The van der Waals surface area contributed by atoms with Crippen LogP contribution in [0.4, 0.5) is 0 Å². The molecule has 0 aliphatic heterocycles. The molecule has 0 spiro atoms. The molecule has 0 aromatic heterocycles. The van der Waals surface area contributed by atoms with E-state index in [9.17, 15) is 13.2 Å². The topological polar surface area (TPSA) is 51.2 Å². The van der Waals surface area contributed by atoms with E-state index in [-0.39, 0.29) is 11.7 Å². The van der Waals surface area contributed by atoms with E-state index in [0.717, 1.165) is 18.4 Å². The number of hydrogen-bond acceptors (Lipinski definition) is 3. The van der Waals surface area contributed by atoms with Crippen LogP contribution in [0.2, 0.25) is 0 Å². The fourth-order valence-corrected chi connectivity index (χ4v) is 2.24. The maximum Gasteiger partial charge on any atom is 0.175 e. The number of carbonyl (C=O) groups is 1. The van der Waals surface area contributed by atoms with Crippen molar-refractivity contribution >= 4 is 15.6 Å². The highest BCUT2D eigenvalue weighted by Crippen LogP contribution is 2.30. The van der Waals surface area contributed by atoms with Gasteiger partial charge in [0.15, 0.2) is 9.84 Å². The van der Waals surface area contributed by atoms with Gasteiger partial charge in [-0.3, -0.25) is 4.79 Å². The van der Waals surface area contributed by atoms with Crippen LogP contribution in [0.5, 0.6) is 0 Å². The summed E-state index contributed by atoms with van der Waals surface area (Å²) in [7, 11) is -3.14. The Morgan fingerprint density at radius 2 is 1.81 bits per heavy atom. The molecular weight excluding hydrogens is 224 g/mol. The predicted octanol–water partition coefficient (Wildman–Crippen LogP) is 1.61. The van der Waals surface area contributed by atoms with Crippen molar-refractivity contribution in [2.45, 2.75) is 24.2 Å². The Morgan fingerprint density at radius 3 is 2.25 bits per heavy atom. The molecule has 1 aromatic rings. The minimum atomic E-state index is -3.14. The first kappa shape index (κ1) is 11.3. The van der Waals surface area contributed by atoms with Crippen LogP contribution in [0.3, 0.4) is 0 Å². The first-order valence-electron chi connectivity index (χ1n) is 5.28. The van der Waals surface area contributed by atoms with Gasteiger partial charge in [0, 0.05) is 18.6 Å².